The molecule has 0 aliphatic heterocycles. The molecule has 0 unspecified atom stereocenters. The first-order chi connectivity index (χ1) is 9.70. The maximum atomic E-state index is 13.0. The number of nitrogens with zero attached hydrogens (tertiary/aromatic N) is 1. The Kier molecular flexibility index (Phi) is 3.94. The monoisotopic (exact) mass is 331 g/mol. The second-order valence-electron chi connectivity index (χ2n) is 3.99. The number of hydrogen-bond donors (Lipinski definition) is 2. The highest BCUT2D eigenvalue weighted by Crippen LogP contribution is 2.22. The van der Waals surface area contributed by atoms with Crippen LogP contribution in [0, 0.1) is 5.82 Å². The number of halogens is 1. The summed E-state index contributed by atoms with van der Waals surface area (Å²) in [6.45, 7) is 0. The van der Waals surface area contributed by atoms with Gasteiger partial charge in [-0.3, -0.25) is 9.71 Å². The molecule has 0 fully saturated rings. The summed E-state index contributed by atoms with van der Waals surface area (Å²) >= 11 is 0. The summed E-state index contributed by atoms with van der Waals surface area (Å²) in [7, 11) is -8.30. The van der Waals surface area contributed by atoms with Gasteiger partial charge in [0.1, 0.15) is 15.6 Å². The van der Waals surface area contributed by atoms with Gasteiger partial charge >= 0.3 is 0 Å². The highest BCUT2D eigenvalue weighted by atomic mass is 32.2. The van der Waals surface area contributed by atoms with Crippen LogP contribution in [0.4, 0.5) is 10.1 Å². The third-order valence-corrected chi connectivity index (χ3v) is 4.73. The van der Waals surface area contributed by atoms with Crippen LogP contribution in [-0.4, -0.2) is 21.8 Å². The van der Waals surface area contributed by atoms with Gasteiger partial charge in [-0.15, -0.1) is 0 Å². The molecule has 0 aliphatic rings. The van der Waals surface area contributed by atoms with Crippen molar-refractivity contribution < 1.29 is 21.2 Å². The van der Waals surface area contributed by atoms with E-state index in [-0.39, 0.29) is 5.69 Å². The number of primary sulfonamides is 1. The molecular formula is C11H10FN3O4S2. The number of nitrogens with one attached hydrogen (secondary N) is 1. The third-order valence-electron chi connectivity index (χ3n) is 2.43. The smallest absolute Gasteiger partial charge is 0.263 e. The molecule has 21 heavy (non-hydrogen) atoms. The Hall–Kier alpha value is -2.04. The lowest BCUT2D eigenvalue weighted by atomic mass is 10.3. The SMILES string of the molecule is NS(=O)(=O)c1ccccc1NS(=O)(=O)c1cncc(F)c1. The average molecular weight is 331 g/mol. The number of hydrogen-bond acceptors (Lipinski definition) is 5. The van der Waals surface area contributed by atoms with Crippen molar-refractivity contribution >= 4 is 25.7 Å². The van der Waals surface area contributed by atoms with Gasteiger partial charge in [-0.2, -0.15) is 0 Å². The predicted octanol–water partition coefficient (Wildman–Crippen LogP) is 0.669. The van der Waals surface area contributed by atoms with Crippen LogP contribution in [0.1, 0.15) is 0 Å². The molecule has 0 aliphatic carbocycles. The lowest BCUT2D eigenvalue weighted by Gasteiger charge is -2.11. The molecule has 0 amide bonds. The van der Waals surface area contributed by atoms with E-state index in [9.17, 15) is 21.2 Å². The lowest BCUT2D eigenvalue weighted by Crippen LogP contribution is -2.19. The standard InChI is InChI=1S/C11H10FN3O4S2/c12-8-5-9(7-14-6-8)21(18,19)15-10-3-1-2-4-11(10)20(13,16)17/h1-7,15H,(H2,13,16,17). The summed E-state index contributed by atoms with van der Waals surface area (Å²) in [5.41, 5.74) is -0.232. The minimum Gasteiger partial charge on any atom is -0.278 e. The fourth-order valence-corrected chi connectivity index (χ4v) is 3.35. The highest BCUT2D eigenvalue weighted by Gasteiger charge is 2.20. The van der Waals surface area contributed by atoms with Gasteiger partial charge in [0.15, 0.2) is 0 Å². The zero-order valence-corrected chi connectivity index (χ0v) is 12.0. The Morgan fingerprint density at radius 1 is 1.10 bits per heavy atom. The van der Waals surface area contributed by atoms with Gasteiger partial charge in [0, 0.05) is 6.20 Å². The Bertz CT molecular complexity index is 882. The van der Waals surface area contributed by atoms with Crippen LogP contribution in [0.2, 0.25) is 0 Å². The van der Waals surface area contributed by atoms with Crippen molar-refractivity contribution in [3.63, 3.8) is 0 Å². The van der Waals surface area contributed by atoms with E-state index in [1.807, 2.05) is 4.72 Å². The molecule has 0 spiro atoms. The zero-order chi connectivity index (χ0) is 15.7. The van der Waals surface area contributed by atoms with Crippen molar-refractivity contribution in [3.05, 3.63) is 48.5 Å². The summed E-state index contributed by atoms with van der Waals surface area (Å²) in [5, 5.41) is 5.00. The first-order valence-corrected chi connectivity index (χ1v) is 8.48. The van der Waals surface area contributed by atoms with Crippen LogP contribution < -0.4 is 9.86 Å². The van der Waals surface area contributed by atoms with Gasteiger partial charge in [0.05, 0.1) is 11.9 Å². The second-order valence-corrected chi connectivity index (χ2v) is 7.20. The summed E-state index contributed by atoms with van der Waals surface area (Å²) in [6.07, 6.45) is 1.78. The van der Waals surface area contributed by atoms with E-state index >= 15 is 0 Å². The first-order valence-electron chi connectivity index (χ1n) is 5.45. The number of anilines is 1. The molecule has 1 heterocycles. The maximum Gasteiger partial charge on any atom is 0.263 e. The molecular weight excluding hydrogens is 321 g/mol. The van der Waals surface area contributed by atoms with E-state index in [1.165, 1.54) is 18.2 Å². The van der Waals surface area contributed by atoms with Crippen molar-refractivity contribution in [1.29, 1.82) is 0 Å². The minimum absolute atomic E-state index is 0.232. The molecule has 0 saturated carbocycles. The number of rotatable bonds is 4. The molecule has 0 saturated heterocycles. The molecule has 2 rings (SSSR count). The molecule has 2 aromatic rings. The van der Waals surface area contributed by atoms with Crippen LogP contribution in [0.25, 0.3) is 0 Å². The van der Waals surface area contributed by atoms with Crippen molar-refractivity contribution in [2.45, 2.75) is 9.79 Å². The first kappa shape index (κ1) is 15.4. The number of sulfonamides is 2. The van der Waals surface area contributed by atoms with Crippen LogP contribution in [0.5, 0.6) is 0 Å². The number of aromatic nitrogens is 1. The van der Waals surface area contributed by atoms with Gasteiger partial charge in [-0.25, -0.2) is 26.4 Å². The summed E-state index contributed by atoms with van der Waals surface area (Å²) < 4.78 is 62.0. The Morgan fingerprint density at radius 2 is 1.76 bits per heavy atom. The molecule has 112 valence electrons. The topological polar surface area (TPSA) is 119 Å². The van der Waals surface area contributed by atoms with E-state index in [0.717, 1.165) is 24.5 Å². The van der Waals surface area contributed by atoms with E-state index in [0.29, 0.717) is 0 Å². The number of nitrogens with two attached hydrogens (primary N) is 1. The molecule has 1 aromatic carbocycles. The van der Waals surface area contributed by atoms with Crippen molar-refractivity contribution in [2.24, 2.45) is 5.14 Å². The largest absolute Gasteiger partial charge is 0.278 e. The second kappa shape index (κ2) is 5.39. The van der Waals surface area contributed by atoms with Gasteiger partial charge in [-0.05, 0) is 18.2 Å². The van der Waals surface area contributed by atoms with Crippen molar-refractivity contribution in [3.8, 4) is 0 Å². The van der Waals surface area contributed by atoms with E-state index in [4.69, 9.17) is 5.14 Å². The van der Waals surface area contributed by atoms with Crippen LogP contribution in [-0.2, 0) is 20.0 Å². The summed E-state index contributed by atoms with van der Waals surface area (Å²) in [5.74, 6) is -0.836. The average Bonchev–Trinajstić information content (AvgIpc) is 2.37. The molecule has 0 radical (unpaired) electrons. The van der Waals surface area contributed by atoms with Crippen LogP contribution in [0.15, 0.2) is 52.5 Å². The maximum absolute atomic E-state index is 13.0. The Balaban J connectivity index is 2.48. The minimum atomic E-state index is -4.19. The number of pyridine rings is 1. The number of para-hydroxylation sites is 1. The van der Waals surface area contributed by atoms with Gasteiger partial charge in [0.2, 0.25) is 10.0 Å². The normalized spacial score (nSPS) is 12.1. The van der Waals surface area contributed by atoms with Gasteiger partial charge < -0.3 is 0 Å². The highest BCUT2D eigenvalue weighted by molar-refractivity contribution is 7.93. The Morgan fingerprint density at radius 3 is 2.38 bits per heavy atom. The quantitative estimate of drug-likeness (QED) is 0.853. The molecule has 3 N–H and O–H groups in total. The van der Waals surface area contributed by atoms with E-state index < -0.39 is 35.7 Å². The van der Waals surface area contributed by atoms with Crippen molar-refractivity contribution in [2.75, 3.05) is 4.72 Å². The molecule has 7 nitrogen and oxygen atoms in total. The van der Waals surface area contributed by atoms with E-state index in [2.05, 4.69) is 4.98 Å². The summed E-state index contributed by atoms with van der Waals surface area (Å²) in [4.78, 5) is 2.60. The zero-order valence-electron chi connectivity index (χ0n) is 10.4. The summed E-state index contributed by atoms with van der Waals surface area (Å²) in [6, 6.07) is 5.95. The van der Waals surface area contributed by atoms with Crippen LogP contribution in [0.3, 0.4) is 0 Å². The van der Waals surface area contributed by atoms with Gasteiger partial charge in [0.25, 0.3) is 10.0 Å². The Labute approximate surface area is 120 Å². The van der Waals surface area contributed by atoms with Crippen molar-refractivity contribution in [1.82, 2.24) is 4.98 Å². The molecule has 0 atom stereocenters. The fraction of sp³-hybridized carbons (Fsp3) is 0. The lowest BCUT2D eigenvalue weighted by molar-refractivity contribution is 0.592. The molecule has 0 bridgehead atoms. The predicted molar refractivity (Wildman–Crippen MR) is 72.8 cm³/mol. The molecule has 10 heteroatoms. The number of benzene rings is 1. The third kappa shape index (κ3) is 3.54. The van der Waals surface area contributed by atoms with Gasteiger partial charge in [-0.1, -0.05) is 12.1 Å². The van der Waals surface area contributed by atoms with Crippen LogP contribution >= 0.6 is 0 Å². The van der Waals surface area contributed by atoms with E-state index in [1.54, 1.807) is 0 Å². The molecule has 1 aromatic heterocycles. The fourth-order valence-electron chi connectivity index (χ4n) is 1.54.